The Balaban J connectivity index is 2.13. The van der Waals surface area contributed by atoms with Gasteiger partial charge in [0, 0.05) is 5.56 Å². The molecular weight excluding hydrogens is 218 g/mol. The number of nitrogens with one attached hydrogen (secondary N) is 3. The van der Waals surface area contributed by atoms with Gasteiger partial charge in [0.2, 0.25) is 0 Å². The van der Waals surface area contributed by atoms with Gasteiger partial charge in [-0.1, -0.05) is 6.07 Å². The average Bonchev–Trinajstić information content (AvgIpc) is 2.92. The third-order valence-electron chi connectivity index (χ3n) is 2.65. The van der Waals surface area contributed by atoms with Crippen molar-refractivity contribution in [1.82, 2.24) is 19.9 Å². The van der Waals surface area contributed by atoms with Gasteiger partial charge in [0.1, 0.15) is 5.82 Å². The smallest absolute Gasteiger partial charge is 0.323 e. The van der Waals surface area contributed by atoms with E-state index in [0.29, 0.717) is 6.54 Å². The number of nitrogens with zero attached hydrogens (tertiary/aromatic N) is 1. The minimum atomic E-state index is -0.204. The second kappa shape index (κ2) is 3.60. The average molecular weight is 229 g/mol. The SMILES string of the molecule is NCc1ncc(-c2ccc3[nH]c(=O)[nH]c3c2)[nH]1. The van der Waals surface area contributed by atoms with E-state index in [1.165, 1.54) is 0 Å². The number of fused-ring (bicyclic) bond motifs is 1. The van der Waals surface area contributed by atoms with E-state index >= 15 is 0 Å². The Hall–Kier alpha value is -2.34. The quantitative estimate of drug-likeness (QED) is 0.520. The first-order valence-corrected chi connectivity index (χ1v) is 5.22. The number of hydrogen-bond donors (Lipinski definition) is 4. The van der Waals surface area contributed by atoms with Crippen LogP contribution in [0, 0.1) is 0 Å². The molecule has 0 bridgehead atoms. The molecule has 0 atom stereocenters. The van der Waals surface area contributed by atoms with Gasteiger partial charge in [-0.15, -0.1) is 0 Å². The highest BCUT2D eigenvalue weighted by Gasteiger charge is 2.04. The van der Waals surface area contributed by atoms with E-state index in [2.05, 4.69) is 19.9 Å². The van der Waals surface area contributed by atoms with Crippen molar-refractivity contribution in [3.63, 3.8) is 0 Å². The summed E-state index contributed by atoms with van der Waals surface area (Å²) in [6, 6.07) is 5.66. The molecule has 3 aromatic rings. The number of H-pyrrole nitrogens is 3. The molecule has 0 aliphatic rings. The molecule has 2 aromatic heterocycles. The highest BCUT2D eigenvalue weighted by molar-refractivity contribution is 5.80. The monoisotopic (exact) mass is 229 g/mol. The second-order valence-corrected chi connectivity index (χ2v) is 3.79. The van der Waals surface area contributed by atoms with Crippen LogP contribution in [0.15, 0.2) is 29.2 Å². The summed E-state index contributed by atoms with van der Waals surface area (Å²) < 4.78 is 0. The molecule has 0 radical (unpaired) electrons. The first kappa shape index (κ1) is 9.86. The number of benzene rings is 1. The molecule has 2 heterocycles. The van der Waals surface area contributed by atoms with Gasteiger partial charge in [-0.25, -0.2) is 9.78 Å². The highest BCUT2D eigenvalue weighted by Crippen LogP contribution is 2.20. The van der Waals surface area contributed by atoms with Gasteiger partial charge < -0.3 is 20.7 Å². The fourth-order valence-electron chi connectivity index (χ4n) is 1.81. The Labute approximate surface area is 95.9 Å². The van der Waals surface area contributed by atoms with Crippen LogP contribution in [0.25, 0.3) is 22.3 Å². The van der Waals surface area contributed by atoms with Crippen LogP contribution >= 0.6 is 0 Å². The summed E-state index contributed by atoms with van der Waals surface area (Å²) in [5, 5.41) is 0. The third kappa shape index (κ3) is 1.64. The Morgan fingerprint density at radius 2 is 2.00 bits per heavy atom. The highest BCUT2D eigenvalue weighted by atomic mass is 16.1. The van der Waals surface area contributed by atoms with Crippen molar-refractivity contribution in [2.75, 3.05) is 0 Å². The molecule has 0 saturated carbocycles. The lowest BCUT2D eigenvalue weighted by Crippen LogP contribution is -1.99. The zero-order valence-electron chi connectivity index (χ0n) is 8.95. The van der Waals surface area contributed by atoms with Crippen LogP contribution in [0.3, 0.4) is 0 Å². The van der Waals surface area contributed by atoms with Crippen LogP contribution in [0.2, 0.25) is 0 Å². The normalized spacial score (nSPS) is 11.1. The van der Waals surface area contributed by atoms with Crippen molar-refractivity contribution >= 4 is 11.0 Å². The summed E-state index contributed by atoms with van der Waals surface area (Å²) >= 11 is 0. The number of aromatic nitrogens is 4. The van der Waals surface area contributed by atoms with E-state index in [0.717, 1.165) is 28.1 Å². The Bertz CT molecular complexity index is 721. The van der Waals surface area contributed by atoms with Gasteiger partial charge in [-0.2, -0.15) is 0 Å². The van der Waals surface area contributed by atoms with E-state index in [9.17, 15) is 4.79 Å². The fraction of sp³-hybridized carbons (Fsp3) is 0.0909. The first-order chi connectivity index (χ1) is 8.26. The summed E-state index contributed by atoms with van der Waals surface area (Å²) in [5.74, 6) is 0.739. The van der Waals surface area contributed by atoms with Crippen LogP contribution in [0.4, 0.5) is 0 Å². The van der Waals surface area contributed by atoms with Crippen LogP contribution in [-0.2, 0) is 6.54 Å². The first-order valence-electron chi connectivity index (χ1n) is 5.22. The van der Waals surface area contributed by atoms with Crippen molar-refractivity contribution in [2.45, 2.75) is 6.54 Å². The van der Waals surface area contributed by atoms with Gasteiger partial charge in [0.25, 0.3) is 0 Å². The molecule has 6 nitrogen and oxygen atoms in total. The second-order valence-electron chi connectivity index (χ2n) is 3.79. The largest absolute Gasteiger partial charge is 0.341 e. The van der Waals surface area contributed by atoms with E-state index in [-0.39, 0.29) is 5.69 Å². The van der Waals surface area contributed by atoms with Crippen molar-refractivity contribution in [2.24, 2.45) is 5.73 Å². The zero-order chi connectivity index (χ0) is 11.8. The Morgan fingerprint density at radius 3 is 2.76 bits per heavy atom. The molecule has 3 rings (SSSR count). The summed E-state index contributed by atoms with van der Waals surface area (Å²) in [4.78, 5) is 23.8. The van der Waals surface area contributed by atoms with Crippen LogP contribution in [-0.4, -0.2) is 19.9 Å². The summed E-state index contributed by atoms with van der Waals surface area (Å²) in [6.07, 6.45) is 1.73. The van der Waals surface area contributed by atoms with E-state index in [1.807, 2.05) is 18.2 Å². The van der Waals surface area contributed by atoms with E-state index in [1.54, 1.807) is 6.20 Å². The summed E-state index contributed by atoms with van der Waals surface area (Å²) in [5.41, 5.74) is 8.69. The predicted octanol–water partition coefficient (Wildman–Crippen LogP) is 0.705. The molecule has 6 heteroatoms. The van der Waals surface area contributed by atoms with Crippen LogP contribution in [0.5, 0.6) is 0 Å². The molecule has 0 amide bonds. The van der Waals surface area contributed by atoms with E-state index < -0.39 is 0 Å². The molecule has 0 saturated heterocycles. The lowest BCUT2D eigenvalue weighted by Gasteiger charge is -1.97. The maximum absolute atomic E-state index is 11.1. The van der Waals surface area contributed by atoms with Crippen LogP contribution in [0.1, 0.15) is 5.82 Å². The molecule has 5 N–H and O–H groups in total. The lowest BCUT2D eigenvalue weighted by molar-refractivity contribution is 0.950. The summed E-state index contributed by atoms with van der Waals surface area (Å²) in [7, 11) is 0. The third-order valence-corrected chi connectivity index (χ3v) is 2.65. The maximum Gasteiger partial charge on any atom is 0.323 e. The minimum absolute atomic E-state index is 0.204. The Kier molecular flexibility index (Phi) is 2.09. The number of nitrogens with two attached hydrogens (primary N) is 1. The molecule has 86 valence electrons. The van der Waals surface area contributed by atoms with Crippen molar-refractivity contribution in [3.05, 3.63) is 40.7 Å². The number of aromatic amines is 3. The van der Waals surface area contributed by atoms with E-state index in [4.69, 9.17) is 5.73 Å². The Morgan fingerprint density at radius 1 is 1.18 bits per heavy atom. The number of hydrogen-bond acceptors (Lipinski definition) is 3. The van der Waals surface area contributed by atoms with Crippen molar-refractivity contribution in [1.29, 1.82) is 0 Å². The standard InChI is InChI=1S/C11H11N5O/c12-4-10-13-5-9(14-10)6-1-2-7-8(3-6)16-11(17)15-7/h1-3,5H,4,12H2,(H,13,14)(H2,15,16,17). The van der Waals surface area contributed by atoms with Gasteiger partial charge in [-0.3, -0.25) is 0 Å². The molecule has 17 heavy (non-hydrogen) atoms. The van der Waals surface area contributed by atoms with Crippen molar-refractivity contribution < 1.29 is 0 Å². The van der Waals surface area contributed by atoms with Crippen molar-refractivity contribution in [3.8, 4) is 11.3 Å². The molecule has 0 spiro atoms. The lowest BCUT2D eigenvalue weighted by atomic mass is 10.1. The topological polar surface area (TPSA) is 103 Å². The molecule has 0 unspecified atom stereocenters. The van der Waals surface area contributed by atoms with Gasteiger partial charge in [0.05, 0.1) is 29.5 Å². The molecule has 0 aliphatic carbocycles. The number of imidazole rings is 2. The fourth-order valence-corrected chi connectivity index (χ4v) is 1.81. The van der Waals surface area contributed by atoms with Gasteiger partial charge in [-0.05, 0) is 12.1 Å². The summed E-state index contributed by atoms with van der Waals surface area (Å²) in [6.45, 7) is 0.378. The maximum atomic E-state index is 11.1. The zero-order valence-corrected chi connectivity index (χ0v) is 8.95. The molecule has 0 fully saturated rings. The van der Waals surface area contributed by atoms with Gasteiger partial charge >= 0.3 is 5.69 Å². The number of rotatable bonds is 2. The van der Waals surface area contributed by atoms with Gasteiger partial charge in [0.15, 0.2) is 0 Å². The molecular formula is C11H11N5O. The molecule has 1 aromatic carbocycles. The van der Waals surface area contributed by atoms with Crippen LogP contribution < -0.4 is 11.4 Å². The predicted molar refractivity (Wildman–Crippen MR) is 64.4 cm³/mol. The minimum Gasteiger partial charge on any atom is -0.341 e. The molecule has 0 aliphatic heterocycles.